The van der Waals surface area contributed by atoms with Crippen molar-refractivity contribution in [3.63, 3.8) is 0 Å². The van der Waals surface area contributed by atoms with Crippen LogP contribution in [0.5, 0.6) is 0 Å². The highest BCUT2D eigenvalue weighted by Gasteiger charge is 2.36. The topological polar surface area (TPSA) is 99.3 Å². The zero-order valence-corrected chi connectivity index (χ0v) is 18.9. The number of likely N-dealkylation sites (tertiary alicyclic amines) is 1. The van der Waals surface area contributed by atoms with Crippen molar-refractivity contribution in [2.45, 2.75) is 58.0 Å². The second kappa shape index (κ2) is 8.92. The second-order valence-electron chi connectivity index (χ2n) is 9.21. The molecule has 33 heavy (non-hydrogen) atoms. The lowest BCUT2D eigenvalue weighted by Gasteiger charge is -2.31. The Morgan fingerprint density at radius 2 is 2.06 bits per heavy atom. The predicted molar refractivity (Wildman–Crippen MR) is 122 cm³/mol. The average Bonchev–Trinajstić information content (AvgIpc) is 3.34. The molecule has 4 heterocycles. The molecule has 2 amide bonds. The molecule has 2 aliphatic heterocycles. The van der Waals surface area contributed by atoms with E-state index in [0.29, 0.717) is 36.5 Å². The van der Waals surface area contributed by atoms with E-state index in [-0.39, 0.29) is 35.9 Å². The van der Waals surface area contributed by atoms with Gasteiger partial charge in [-0.1, -0.05) is 12.2 Å². The molecule has 8 nitrogen and oxygen atoms in total. The molecule has 0 saturated carbocycles. The molecule has 2 atom stereocenters. The quantitative estimate of drug-likeness (QED) is 0.730. The Kier molecular flexibility index (Phi) is 5.83. The molecule has 0 aromatic carbocycles. The van der Waals surface area contributed by atoms with E-state index in [4.69, 9.17) is 4.98 Å². The molecule has 3 aliphatic rings. The summed E-state index contributed by atoms with van der Waals surface area (Å²) in [5.41, 5.74) is 2.49. The van der Waals surface area contributed by atoms with Gasteiger partial charge in [-0.15, -0.1) is 0 Å². The largest absolute Gasteiger partial charge is 0.334 e. The molecule has 5 rings (SSSR count). The highest BCUT2D eigenvalue weighted by molar-refractivity contribution is 5.95. The van der Waals surface area contributed by atoms with Gasteiger partial charge < -0.3 is 14.8 Å². The summed E-state index contributed by atoms with van der Waals surface area (Å²) in [5, 5.41) is 0. The molecular weight excluding hydrogens is 418 g/mol. The Balaban J connectivity index is 1.36. The van der Waals surface area contributed by atoms with Crippen LogP contribution < -0.4 is 5.56 Å². The highest BCUT2D eigenvalue weighted by atomic mass is 16.2. The van der Waals surface area contributed by atoms with Crippen LogP contribution in [-0.2, 0) is 17.8 Å². The van der Waals surface area contributed by atoms with Gasteiger partial charge in [0.25, 0.3) is 11.5 Å². The SMILES string of the molecule is Cc1cnccc1C(=O)N1CCc2nc([C@@H]3CCCN3C(=O)[C@H]3CC=CCC3)[nH]c(=O)c2C1. The predicted octanol–water partition coefficient (Wildman–Crippen LogP) is 2.69. The van der Waals surface area contributed by atoms with Crippen molar-refractivity contribution in [3.8, 4) is 0 Å². The van der Waals surface area contributed by atoms with E-state index >= 15 is 0 Å². The number of nitrogens with zero attached hydrogens (tertiary/aromatic N) is 4. The summed E-state index contributed by atoms with van der Waals surface area (Å²) in [6.45, 7) is 3.31. The number of aryl methyl sites for hydroxylation is 1. The summed E-state index contributed by atoms with van der Waals surface area (Å²) in [7, 11) is 0. The standard InChI is InChI=1S/C25H29N5O3/c1-16-14-26-11-9-18(16)25(33)29-13-10-20-19(15-29)23(31)28-22(27-20)21-8-5-12-30(21)24(32)17-6-3-2-4-7-17/h2-3,9,11,14,17,21H,4-8,10,12-13,15H2,1H3,(H,27,28,31)/t17-,21-/m0/s1. The Bertz CT molecular complexity index is 1170. The Morgan fingerprint density at radius 1 is 1.18 bits per heavy atom. The van der Waals surface area contributed by atoms with E-state index in [2.05, 4.69) is 22.1 Å². The van der Waals surface area contributed by atoms with Crippen molar-refractivity contribution in [2.75, 3.05) is 13.1 Å². The minimum atomic E-state index is -0.209. The minimum absolute atomic E-state index is 0.0242. The molecule has 1 fully saturated rings. The molecule has 172 valence electrons. The fourth-order valence-corrected chi connectivity index (χ4v) is 5.23. The molecule has 1 N–H and O–H groups in total. The number of hydrogen-bond acceptors (Lipinski definition) is 5. The van der Waals surface area contributed by atoms with Crippen LogP contribution in [0.2, 0.25) is 0 Å². The van der Waals surface area contributed by atoms with Crippen molar-refractivity contribution in [2.24, 2.45) is 5.92 Å². The fourth-order valence-electron chi connectivity index (χ4n) is 5.23. The molecule has 0 radical (unpaired) electrons. The van der Waals surface area contributed by atoms with Gasteiger partial charge in [0.1, 0.15) is 5.82 Å². The van der Waals surface area contributed by atoms with Crippen LogP contribution in [0.25, 0.3) is 0 Å². The molecule has 2 aromatic rings. The summed E-state index contributed by atoms with van der Waals surface area (Å²) >= 11 is 0. The van der Waals surface area contributed by atoms with Crippen molar-refractivity contribution < 1.29 is 9.59 Å². The third-order valence-corrected chi connectivity index (χ3v) is 7.09. The van der Waals surface area contributed by atoms with Gasteiger partial charge in [0.05, 0.1) is 23.8 Å². The third-order valence-electron chi connectivity index (χ3n) is 7.09. The van der Waals surface area contributed by atoms with Crippen LogP contribution in [-0.4, -0.2) is 49.7 Å². The van der Waals surface area contributed by atoms with Crippen molar-refractivity contribution in [1.29, 1.82) is 0 Å². The van der Waals surface area contributed by atoms with E-state index in [9.17, 15) is 14.4 Å². The Morgan fingerprint density at radius 3 is 2.85 bits per heavy atom. The zero-order chi connectivity index (χ0) is 22.9. The molecule has 0 bridgehead atoms. The van der Waals surface area contributed by atoms with Crippen LogP contribution in [0.3, 0.4) is 0 Å². The fraction of sp³-hybridized carbons (Fsp3) is 0.480. The van der Waals surface area contributed by atoms with Gasteiger partial charge >= 0.3 is 0 Å². The molecule has 8 heteroatoms. The number of carbonyl (C=O) groups is 2. The number of aromatic nitrogens is 3. The van der Waals surface area contributed by atoms with Crippen LogP contribution >= 0.6 is 0 Å². The molecule has 1 saturated heterocycles. The molecule has 0 unspecified atom stereocenters. The number of pyridine rings is 1. The maximum absolute atomic E-state index is 13.2. The first-order chi connectivity index (χ1) is 16.0. The number of allylic oxidation sites excluding steroid dienone is 2. The maximum atomic E-state index is 13.2. The third kappa shape index (κ3) is 4.10. The summed E-state index contributed by atoms with van der Waals surface area (Å²) in [6.07, 6.45) is 12.4. The number of rotatable bonds is 3. The Hall–Kier alpha value is -3.29. The normalized spacial score (nSPS) is 22.3. The number of aromatic amines is 1. The maximum Gasteiger partial charge on any atom is 0.256 e. The number of nitrogens with one attached hydrogen (secondary N) is 1. The van der Waals surface area contributed by atoms with Crippen LogP contribution in [0.1, 0.15) is 71.1 Å². The summed E-state index contributed by atoms with van der Waals surface area (Å²) in [4.78, 5) is 54.6. The first-order valence-corrected chi connectivity index (χ1v) is 11.8. The second-order valence-corrected chi connectivity index (χ2v) is 9.21. The summed E-state index contributed by atoms with van der Waals surface area (Å²) in [6, 6.07) is 1.53. The van der Waals surface area contributed by atoms with Crippen LogP contribution in [0.4, 0.5) is 0 Å². The average molecular weight is 448 g/mol. The molecular formula is C25H29N5O3. The number of amides is 2. The minimum Gasteiger partial charge on any atom is -0.334 e. The van der Waals surface area contributed by atoms with Crippen molar-refractivity contribution in [1.82, 2.24) is 24.8 Å². The lowest BCUT2D eigenvalue weighted by Crippen LogP contribution is -2.41. The lowest BCUT2D eigenvalue weighted by atomic mass is 9.93. The van der Waals surface area contributed by atoms with Gasteiger partial charge in [0.2, 0.25) is 5.91 Å². The summed E-state index contributed by atoms with van der Waals surface area (Å²) in [5.74, 6) is 0.682. The highest BCUT2D eigenvalue weighted by Crippen LogP contribution is 2.33. The summed E-state index contributed by atoms with van der Waals surface area (Å²) < 4.78 is 0. The zero-order valence-electron chi connectivity index (χ0n) is 18.9. The van der Waals surface area contributed by atoms with Gasteiger partial charge in [-0.05, 0) is 50.7 Å². The van der Waals surface area contributed by atoms with Crippen molar-refractivity contribution >= 4 is 11.8 Å². The monoisotopic (exact) mass is 447 g/mol. The number of carbonyl (C=O) groups excluding carboxylic acids is 2. The first kappa shape index (κ1) is 21.6. The van der Waals surface area contributed by atoms with Gasteiger partial charge in [0.15, 0.2) is 0 Å². The van der Waals surface area contributed by atoms with E-state index in [1.54, 1.807) is 23.4 Å². The first-order valence-electron chi connectivity index (χ1n) is 11.8. The number of fused-ring (bicyclic) bond motifs is 1. The van der Waals surface area contributed by atoms with Gasteiger partial charge in [-0.2, -0.15) is 0 Å². The Labute approximate surface area is 192 Å². The molecule has 0 spiro atoms. The van der Waals surface area contributed by atoms with Crippen LogP contribution in [0.15, 0.2) is 35.4 Å². The number of hydrogen-bond donors (Lipinski definition) is 1. The number of H-pyrrole nitrogens is 1. The lowest BCUT2D eigenvalue weighted by molar-refractivity contribution is -0.136. The van der Waals surface area contributed by atoms with Gasteiger partial charge in [-0.3, -0.25) is 19.4 Å². The van der Waals surface area contributed by atoms with Crippen molar-refractivity contribution in [3.05, 3.63) is 69.2 Å². The van der Waals surface area contributed by atoms with Gasteiger partial charge in [0, 0.05) is 43.4 Å². The van der Waals surface area contributed by atoms with E-state index in [1.165, 1.54) is 0 Å². The van der Waals surface area contributed by atoms with E-state index < -0.39 is 0 Å². The van der Waals surface area contributed by atoms with E-state index in [1.807, 2.05) is 11.8 Å². The smallest absolute Gasteiger partial charge is 0.256 e. The molecule has 2 aromatic heterocycles. The molecule has 1 aliphatic carbocycles. The van der Waals surface area contributed by atoms with E-state index in [0.717, 1.165) is 43.4 Å². The van der Waals surface area contributed by atoms with Gasteiger partial charge in [-0.25, -0.2) is 4.98 Å². The van der Waals surface area contributed by atoms with Crippen LogP contribution in [0, 0.1) is 12.8 Å².